The van der Waals surface area contributed by atoms with Crippen molar-refractivity contribution in [1.29, 1.82) is 0 Å². The maximum Gasteiger partial charge on any atom is 0.320 e. The van der Waals surface area contributed by atoms with Crippen LogP contribution in [-0.4, -0.2) is 65.9 Å². The molecule has 4 rings (SSSR count). The predicted octanol–water partition coefficient (Wildman–Crippen LogP) is 1.03. The van der Waals surface area contributed by atoms with Crippen LogP contribution in [0.25, 0.3) is 0 Å². The number of ketones is 1. The van der Waals surface area contributed by atoms with Gasteiger partial charge in [-0.3, -0.25) is 19.2 Å². The Hall–Kier alpha value is -2.00. The van der Waals surface area contributed by atoms with Gasteiger partial charge in [0.2, 0.25) is 0 Å². The molecule has 4 aliphatic rings. The van der Waals surface area contributed by atoms with E-state index < -0.39 is 76.5 Å². The predicted molar refractivity (Wildman–Crippen MR) is 112 cm³/mol. The molecule has 0 aromatic heterocycles. The quantitative estimate of drug-likeness (QED) is 0.353. The fourth-order valence-electron chi connectivity index (χ4n) is 7.73. The fourth-order valence-corrected chi connectivity index (χ4v) is 7.73. The van der Waals surface area contributed by atoms with E-state index in [1.807, 2.05) is 13.8 Å². The number of hydrogen-bond donors (Lipinski definition) is 2. The van der Waals surface area contributed by atoms with Gasteiger partial charge in [0.25, 0.3) is 0 Å². The molecule has 184 valence electrons. The van der Waals surface area contributed by atoms with E-state index in [1.54, 1.807) is 0 Å². The molecule has 3 aliphatic carbocycles. The van der Waals surface area contributed by atoms with Gasteiger partial charge in [-0.05, 0) is 37.0 Å². The lowest BCUT2D eigenvalue weighted by molar-refractivity contribution is -0.264. The number of ether oxygens (including phenoxy) is 3. The van der Waals surface area contributed by atoms with Crippen molar-refractivity contribution in [1.82, 2.24) is 0 Å². The number of carbonyl (C=O) groups excluding carboxylic acids is 4. The second-order valence-corrected chi connectivity index (χ2v) is 11.0. The van der Waals surface area contributed by atoms with E-state index in [9.17, 15) is 29.4 Å². The molecule has 33 heavy (non-hydrogen) atoms. The van der Waals surface area contributed by atoms with E-state index in [1.165, 1.54) is 13.8 Å². The zero-order valence-corrected chi connectivity index (χ0v) is 19.7. The SMILES string of the molecule is CC(=O)OCC1C(C)(C)CCC(OC(C)=O)C12COC(=O)C13CC(CC(O)C12)C(CO)C3=O. The molecular formula is C24H34O9. The van der Waals surface area contributed by atoms with Gasteiger partial charge in [0.15, 0.2) is 5.78 Å². The molecule has 3 saturated carbocycles. The van der Waals surface area contributed by atoms with E-state index in [0.29, 0.717) is 12.8 Å². The molecule has 9 nitrogen and oxygen atoms in total. The zero-order valence-electron chi connectivity index (χ0n) is 19.7. The van der Waals surface area contributed by atoms with Gasteiger partial charge < -0.3 is 24.4 Å². The smallest absolute Gasteiger partial charge is 0.320 e. The number of carbonyl (C=O) groups is 4. The van der Waals surface area contributed by atoms with Crippen LogP contribution >= 0.6 is 0 Å². The van der Waals surface area contributed by atoms with Gasteiger partial charge in [0, 0.05) is 31.6 Å². The van der Waals surface area contributed by atoms with Crippen molar-refractivity contribution in [3.05, 3.63) is 0 Å². The van der Waals surface area contributed by atoms with Crippen molar-refractivity contribution in [3.8, 4) is 0 Å². The summed E-state index contributed by atoms with van der Waals surface area (Å²) < 4.78 is 17.0. The maximum atomic E-state index is 13.7. The van der Waals surface area contributed by atoms with E-state index >= 15 is 0 Å². The van der Waals surface area contributed by atoms with Gasteiger partial charge >= 0.3 is 17.9 Å². The summed E-state index contributed by atoms with van der Waals surface area (Å²) in [4.78, 5) is 50.8. The third kappa shape index (κ3) is 3.33. The molecule has 2 spiro atoms. The number of Topliss-reactive ketones (excluding diaryl/α,β-unsaturated/α-hetero) is 1. The number of esters is 3. The van der Waals surface area contributed by atoms with Crippen molar-refractivity contribution in [2.75, 3.05) is 19.8 Å². The van der Waals surface area contributed by atoms with Crippen LogP contribution in [0.2, 0.25) is 0 Å². The Balaban J connectivity index is 1.92. The zero-order chi connectivity index (χ0) is 24.3. The highest BCUT2D eigenvalue weighted by atomic mass is 16.6. The third-order valence-corrected chi connectivity index (χ3v) is 8.99. The summed E-state index contributed by atoms with van der Waals surface area (Å²) in [6.45, 7) is 6.07. The van der Waals surface area contributed by atoms with E-state index in [4.69, 9.17) is 14.2 Å². The average Bonchev–Trinajstić information content (AvgIpc) is 2.93. The lowest BCUT2D eigenvalue weighted by Crippen LogP contribution is -2.71. The van der Waals surface area contributed by atoms with Gasteiger partial charge in [-0.15, -0.1) is 0 Å². The summed E-state index contributed by atoms with van der Waals surface area (Å²) >= 11 is 0. The lowest BCUT2D eigenvalue weighted by atomic mass is 9.43. The minimum atomic E-state index is -1.62. The minimum absolute atomic E-state index is 0.0159. The van der Waals surface area contributed by atoms with Gasteiger partial charge in [-0.25, -0.2) is 0 Å². The van der Waals surface area contributed by atoms with Gasteiger partial charge in [-0.2, -0.15) is 0 Å². The molecule has 1 saturated heterocycles. The van der Waals surface area contributed by atoms with Crippen molar-refractivity contribution in [2.45, 2.75) is 65.6 Å². The number of hydrogen-bond acceptors (Lipinski definition) is 9. The molecule has 0 radical (unpaired) electrons. The molecule has 0 amide bonds. The summed E-state index contributed by atoms with van der Waals surface area (Å²) in [6.07, 6.45) is -0.215. The number of rotatable bonds is 4. The molecule has 2 bridgehead atoms. The molecule has 8 unspecified atom stereocenters. The van der Waals surface area contributed by atoms with Crippen molar-refractivity contribution < 1.29 is 43.6 Å². The van der Waals surface area contributed by atoms with Crippen LogP contribution in [0.4, 0.5) is 0 Å². The van der Waals surface area contributed by atoms with Crippen LogP contribution in [0.3, 0.4) is 0 Å². The molecule has 4 fully saturated rings. The first-order valence-electron chi connectivity index (χ1n) is 11.7. The molecule has 1 aliphatic heterocycles. The number of cyclic esters (lactones) is 1. The highest BCUT2D eigenvalue weighted by Gasteiger charge is 2.77. The molecule has 9 heteroatoms. The van der Waals surface area contributed by atoms with Crippen LogP contribution < -0.4 is 0 Å². The first-order valence-corrected chi connectivity index (χ1v) is 11.7. The van der Waals surface area contributed by atoms with Gasteiger partial charge in [0.05, 0.1) is 24.7 Å². The highest BCUT2D eigenvalue weighted by molar-refractivity contribution is 6.08. The Morgan fingerprint density at radius 3 is 2.48 bits per heavy atom. The summed E-state index contributed by atoms with van der Waals surface area (Å²) in [5.41, 5.74) is -3.17. The topological polar surface area (TPSA) is 136 Å². The monoisotopic (exact) mass is 466 g/mol. The van der Waals surface area contributed by atoms with Crippen LogP contribution in [-0.2, 0) is 33.4 Å². The van der Waals surface area contributed by atoms with Crippen LogP contribution in [0.5, 0.6) is 0 Å². The molecule has 2 N–H and O–H groups in total. The Kier molecular flexibility index (Phi) is 5.88. The Bertz CT molecular complexity index is 866. The first-order chi connectivity index (χ1) is 15.4. The fraction of sp³-hybridized carbons (Fsp3) is 0.833. The van der Waals surface area contributed by atoms with E-state index in [2.05, 4.69) is 0 Å². The third-order valence-electron chi connectivity index (χ3n) is 8.99. The summed E-state index contributed by atoms with van der Waals surface area (Å²) in [6, 6.07) is 0. The van der Waals surface area contributed by atoms with Crippen LogP contribution in [0, 0.1) is 39.9 Å². The Labute approximate surface area is 193 Å². The summed E-state index contributed by atoms with van der Waals surface area (Å²) in [5.74, 6) is -4.47. The first kappa shape index (κ1) is 24.1. The largest absolute Gasteiger partial charge is 0.466 e. The molecule has 0 aromatic carbocycles. The highest BCUT2D eigenvalue weighted by Crippen LogP contribution is 2.68. The van der Waals surface area contributed by atoms with E-state index in [0.717, 1.165) is 0 Å². The molecule has 1 heterocycles. The molecule has 8 atom stereocenters. The summed E-state index contributed by atoms with van der Waals surface area (Å²) in [5, 5.41) is 21.4. The Morgan fingerprint density at radius 1 is 1.18 bits per heavy atom. The van der Waals surface area contributed by atoms with Gasteiger partial charge in [-0.1, -0.05) is 13.8 Å². The summed E-state index contributed by atoms with van der Waals surface area (Å²) in [7, 11) is 0. The average molecular weight is 467 g/mol. The molecule has 0 aromatic rings. The van der Waals surface area contributed by atoms with Gasteiger partial charge in [0.1, 0.15) is 18.1 Å². The second kappa shape index (κ2) is 8.05. The second-order valence-electron chi connectivity index (χ2n) is 11.0. The maximum absolute atomic E-state index is 13.7. The normalized spacial score (nSPS) is 43.6. The van der Waals surface area contributed by atoms with Crippen LogP contribution in [0.15, 0.2) is 0 Å². The Morgan fingerprint density at radius 2 is 1.88 bits per heavy atom. The molecular weight excluding hydrogens is 432 g/mol. The number of aliphatic hydroxyl groups is 2. The van der Waals surface area contributed by atoms with Crippen molar-refractivity contribution in [2.24, 2.45) is 39.9 Å². The standard InChI is InChI=1S/C24H34O9/c1-12(26)31-10-17-22(3,4)6-5-18(33-13(2)27)24(17)11-32-21(30)23-8-14(7-16(28)19(23)24)15(9-25)20(23)29/h14-19,25,28H,5-11H2,1-4H3. The number of fused-ring (bicyclic) bond motifs is 2. The van der Waals surface area contributed by atoms with Crippen LogP contribution in [0.1, 0.15) is 53.4 Å². The minimum Gasteiger partial charge on any atom is -0.466 e. The van der Waals surface area contributed by atoms with E-state index in [-0.39, 0.29) is 32.0 Å². The lowest BCUT2D eigenvalue weighted by Gasteiger charge is -2.63. The van der Waals surface area contributed by atoms with Crippen molar-refractivity contribution >= 4 is 23.7 Å². The van der Waals surface area contributed by atoms with Crippen molar-refractivity contribution in [3.63, 3.8) is 0 Å². The number of aliphatic hydroxyl groups excluding tert-OH is 2.